The molecule has 7 heteroatoms. The molecule has 0 saturated heterocycles. The van der Waals surface area contributed by atoms with Crippen molar-refractivity contribution in [3.63, 3.8) is 0 Å². The van der Waals surface area contributed by atoms with Gasteiger partial charge in [0.05, 0.1) is 13.7 Å². The third-order valence-electron chi connectivity index (χ3n) is 2.50. The standard InChI is InChI=1S/C12H18N4O3/c1-4-5-16(7-10(17)13-2)11-9(12(18)19-3)6-14-8-15-11/h6,8H,4-5,7H2,1-3H3,(H,13,17). The van der Waals surface area contributed by atoms with Crippen molar-refractivity contribution in [3.05, 3.63) is 18.1 Å². The number of likely N-dealkylation sites (N-methyl/N-ethyl adjacent to an activating group) is 1. The van der Waals surface area contributed by atoms with Crippen LogP contribution in [-0.4, -0.2) is 49.1 Å². The Kier molecular flexibility index (Phi) is 5.72. The maximum atomic E-state index is 11.7. The van der Waals surface area contributed by atoms with Crippen molar-refractivity contribution in [3.8, 4) is 0 Å². The van der Waals surface area contributed by atoms with Gasteiger partial charge in [0.2, 0.25) is 5.91 Å². The summed E-state index contributed by atoms with van der Waals surface area (Å²) in [5.41, 5.74) is 0.252. The van der Waals surface area contributed by atoms with Crippen LogP contribution in [0.4, 0.5) is 5.82 Å². The lowest BCUT2D eigenvalue weighted by molar-refractivity contribution is -0.119. The molecule has 0 radical (unpaired) electrons. The van der Waals surface area contributed by atoms with E-state index in [4.69, 9.17) is 4.74 Å². The van der Waals surface area contributed by atoms with E-state index >= 15 is 0 Å². The highest BCUT2D eigenvalue weighted by molar-refractivity contribution is 5.95. The molecule has 104 valence electrons. The Morgan fingerprint density at radius 3 is 2.79 bits per heavy atom. The topological polar surface area (TPSA) is 84.4 Å². The molecule has 7 nitrogen and oxygen atoms in total. The Hall–Kier alpha value is -2.18. The number of ether oxygens (including phenoxy) is 1. The molecular formula is C12H18N4O3. The zero-order valence-electron chi connectivity index (χ0n) is 11.3. The van der Waals surface area contributed by atoms with Gasteiger partial charge in [0.25, 0.3) is 0 Å². The number of amides is 1. The maximum Gasteiger partial charge on any atom is 0.343 e. The first-order chi connectivity index (χ1) is 9.13. The number of anilines is 1. The summed E-state index contributed by atoms with van der Waals surface area (Å²) < 4.78 is 4.69. The Labute approximate surface area is 112 Å². The third kappa shape index (κ3) is 3.90. The molecule has 0 aliphatic carbocycles. The van der Waals surface area contributed by atoms with E-state index < -0.39 is 5.97 Å². The van der Waals surface area contributed by atoms with E-state index in [1.54, 1.807) is 11.9 Å². The molecule has 1 aromatic rings. The van der Waals surface area contributed by atoms with Crippen LogP contribution < -0.4 is 10.2 Å². The summed E-state index contributed by atoms with van der Waals surface area (Å²) in [4.78, 5) is 32.8. The van der Waals surface area contributed by atoms with Crippen molar-refractivity contribution < 1.29 is 14.3 Å². The molecule has 0 spiro atoms. The van der Waals surface area contributed by atoms with Crippen LogP contribution in [0, 0.1) is 0 Å². The molecule has 1 N–H and O–H groups in total. The number of esters is 1. The summed E-state index contributed by atoms with van der Waals surface area (Å²) in [6.07, 6.45) is 3.55. The van der Waals surface area contributed by atoms with Gasteiger partial charge in [-0.25, -0.2) is 14.8 Å². The van der Waals surface area contributed by atoms with Gasteiger partial charge in [-0.3, -0.25) is 4.79 Å². The number of rotatable bonds is 6. The van der Waals surface area contributed by atoms with E-state index in [0.717, 1.165) is 6.42 Å². The quantitative estimate of drug-likeness (QED) is 0.742. The largest absolute Gasteiger partial charge is 0.465 e. The predicted octanol–water partition coefficient (Wildman–Crippen LogP) is 0.226. The van der Waals surface area contributed by atoms with Crippen LogP contribution in [0.5, 0.6) is 0 Å². The Balaban J connectivity index is 3.07. The van der Waals surface area contributed by atoms with Crippen LogP contribution in [0.1, 0.15) is 23.7 Å². The van der Waals surface area contributed by atoms with E-state index in [2.05, 4.69) is 15.3 Å². The average Bonchev–Trinajstić information content (AvgIpc) is 2.45. The van der Waals surface area contributed by atoms with Crippen LogP contribution >= 0.6 is 0 Å². The minimum Gasteiger partial charge on any atom is -0.465 e. The number of methoxy groups -OCH3 is 1. The van der Waals surface area contributed by atoms with Gasteiger partial charge in [-0.05, 0) is 6.42 Å². The van der Waals surface area contributed by atoms with E-state index in [1.807, 2.05) is 6.92 Å². The fourth-order valence-corrected chi connectivity index (χ4v) is 1.61. The monoisotopic (exact) mass is 266 g/mol. The fourth-order valence-electron chi connectivity index (χ4n) is 1.61. The van der Waals surface area contributed by atoms with Gasteiger partial charge in [-0.15, -0.1) is 0 Å². The van der Waals surface area contributed by atoms with Crippen molar-refractivity contribution >= 4 is 17.7 Å². The van der Waals surface area contributed by atoms with Crippen molar-refractivity contribution in [2.24, 2.45) is 0 Å². The highest BCUT2D eigenvalue weighted by Crippen LogP contribution is 2.17. The van der Waals surface area contributed by atoms with Gasteiger partial charge in [-0.2, -0.15) is 0 Å². The van der Waals surface area contributed by atoms with Gasteiger partial charge in [0.15, 0.2) is 0 Å². The maximum absolute atomic E-state index is 11.7. The average molecular weight is 266 g/mol. The highest BCUT2D eigenvalue weighted by atomic mass is 16.5. The van der Waals surface area contributed by atoms with Crippen LogP contribution in [-0.2, 0) is 9.53 Å². The van der Waals surface area contributed by atoms with E-state index in [1.165, 1.54) is 19.6 Å². The molecule has 0 fully saturated rings. The molecule has 0 aromatic carbocycles. The number of aromatic nitrogens is 2. The lowest BCUT2D eigenvalue weighted by Crippen LogP contribution is -2.37. The molecule has 1 rings (SSSR count). The second-order valence-corrected chi connectivity index (χ2v) is 3.85. The second-order valence-electron chi connectivity index (χ2n) is 3.85. The molecule has 0 aliphatic rings. The molecule has 1 aromatic heterocycles. The first-order valence-electron chi connectivity index (χ1n) is 5.97. The molecule has 0 saturated carbocycles. The summed E-state index contributed by atoms with van der Waals surface area (Å²) in [6.45, 7) is 2.72. The lowest BCUT2D eigenvalue weighted by Gasteiger charge is -2.23. The first kappa shape index (κ1) is 14.9. The smallest absolute Gasteiger partial charge is 0.343 e. The van der Waals surface area contributed by atoms with Gasteiger partial charge >= 0.3 is 5.97 Å². The number of nitrogens with zero attached hydrogens (tertiary/aromatic N) is 3. The second kappa shape index (κ2) is 7.30. The predicted molar refractivity (Wildman–Crippen MR) is 69.9 cm³/mol. The van der Waals surface area contributed by atoms with Crippen LogP contribution in [0.15, 0.2) is 12.5 Å². The summed E-state index contributed by atoms with van der Waals surface area (Å²) in [5, 5.41) is 2.55. The number of hydrogen-bond donors (Lipinski definition) is 1. The zero-order chi connectivity index (χ0) is 14.3. The molecule has 0 aliphatic heterocycles. The number of carbonyl (C=O) groups excluding carboxylic acids is 2. The summed E-state index contributed by atoms with van der Waals surface area (Å²) >= 11 is 0. The summed E-state index contributed by atoms with van der Waals surface area (Å²) in [6, 6.07) is 0. The minimum absolute atomic E-state index is 0.130. The Morgan fingerprint density at radius 2 is 2.21 bits per heavy atom. The van der Waals surface area contributed by atoms with E-state index in [-0.39, 0.29) is 18.0 Å². The highest BCUT2D eigenvalue weighted by Gasteiger charge is 2.20. The Morgan fingerprint density at radius 1 is 1.47 bits per heavy atom. The van der Waals surface area contributed by atoms with Crippen molar-refractivity contribution in [2.75, 3.05) is 32.1 Å². The van der Waals surface area contributed by atoms with Crippen LogP contribution in [0.3, 0.4) is 0 Å². The molecule has 1 amide bonds. The number of nitrogens with one attached hydrogen (secondary N) is 1. The number of hydrogen-bond acceptors (Lipinski definition) is 6. The van der Waals surface area contributed by atoms with Crippen LogP contribution in [0.2, 0.25) is 0 Å². The first-order valence-corrected chi connectivity index (χ1v) is 5.97. The fraction of sp³-hybridized carbons (Fsp3) is 0.500. The van der Waals surface area contributed by atoms with E-state index in [9.17, 15) is 9.59 Å². The van der Waals surface area contributed by atoms with Crippen molar-refractivity contribution in [2.45, 2.75) is 13.3 Å². The van der Waals surface area contributed by atoms with Gasteiger partial charge in [0.1, 0.15) is 17.7 Å². The molecule has 0 atom stereocenters. The zero-order valence-corrected chi connectivity index (χ0v) is 11.3. The minimum atomic E-state index is -0.520. The third-order valence-corrected chi connectivity index (χ3v) is 2.50. The normalized spacial score (nSPS) is 9.84. The summed E-state index contributed by atoms with van der Waals surface area (Å²) in [7, 11) is 2.86. The molecule has 0 bridgehead atoms. The summed E-state index contributed by atoms with van der Waals surface area (Å²) in [5.74, 6) is -0.260. The molecule has 1 heterocycles. The molecule has 19 heavy (non-hydrogen) atoms. The van der Waals surface area contributed by atoms with Gasteiger partial charge < -0.3 is 15.0 Å². The lowest BCUT2D eigenvalue weighted by atomic mass is 10.2. The molecule has 0 unspecified atom stereocenters. The van der Waals surface area contributed by atoms with Crippen molar-refractivity contribution in [1.82, 2.24) is 15.3 Å². The Bertz CT molecular complexity index is 450. The number of carbonyl (C=O) groups is 2. The van der Waals surface area contributed by atoms with E-state index in [0.29, 0.717) is 12.4 Å². The SMILES string of the molecule is CCCN(CC(=O)NC)c1ncncc1C(=O)OC. The molecular weight excluding hydrogens is 248 g/mol. The van der Waals surface area contributed by atoms with Crippen molar-refractivity contribution in [1.29, 1.82) is 0 Å². The van der Waals surface area contributed by atoms with Gasteiger partial charge in [0, 0.05) is 19.8 Å². The van der Waals surface area contributed by atoms with Crippen LogP contribution in [0.25, 0.3) is 0 Å². The van der Waals surface area contributed by atoms with Gasteiger partial charge in [-0.1, -0.05) is 6.92 Å².